The van der Waals surface area contributed by atoms with Gasteiger partial charge in [0, 0.05) is 42.9 Å². The van der Waals surface area contributed by atoms with Crippen LogP contribution in [0.5, 0.6) is 0 Å². The van der Waals surface area contributed by atoms with Crippen LogP contribution in [0.2, 0.25) is 0 Å². The van der Waals surface area contributed by atoms with Crippen molar-refractivity contribution in [2.75, 3.05) is 18.7 Å². The monoisotopic (exact) mass is 792 g/mol. The van der Waals surface area contributed by atoms with E-state index in [9.17, 15) is 0 Å². The van der Waals surface area contributed by atoms with Gasteiger partial charge in [-0.2, -0.15) is 0 Å². The summed E-state index contributed by atoms with van der Waals surface area (Å²) >= 11 is 1.64. The summed E-state index contributed by atoms with van der Waals surface area (Å²) in [5, 5.41) is 3.60. The van der Waals surface area contributed by atoms with E-state index >= 15 is 9.13 Å². The smallest absolute Gasteiger partial charge is 0.270 e. The lowest BCUT2D eigenvalue weighted by molar-refractivity contribution is 0.581. The molecule has 0 bridgehead atoms. The van der Waals surface area contributed by atoms with Crippen LogP contribution in [-0.4, -0.2) is 0 Å². The standard InChI is InChI=1S/C48H34N4O2P2S/c53-55(49(35-17-5-1-6-18-35)43-25-13-14-26-44(43)50(55)36-19-7-2-8-20-36)39-29-31-41-42-32-30-40(34-48(42)57-47(41)33-39)56(54)51(37-21-9-3-10-22-37)45-27-15-16-28-46(45)52(56)38-23-11-4-12-24-38/h1-34H. The highest BCUT2D eigenvalue weighted by Crippen LogP contribution is 2.71. The summed E-state index contributed by atoms with van der Waals surface area (Å²) in [6, 6.07) is 68.8. The zero-order valence-electron chi connectivity index (χ0n) is 30.5. The van der Waals surface area contributed by atoms with Crippen molar-refractivity contribution in [1.29, 1.82) is 0 Å². The number of rotatable bonds is 6. The Morgan fingerprint density at radius 2 is 0.579 bits per heavy atom. The fourth-order valence-electron chi connectivity index (χ4n) is 8.45. The maximum Gasteiger partial charge on any atom is 0.301 e. The van der Waals surface area contributed by atoms with Gasteiger partial charge in [0.25, 0.3) is 0 Å². The van der Waals surface area contributed by atoms with Crippen LogP contribution >= 0.6 is 26.2 Å². The number of anilines is 8. The molecule has 0 spiro atoms. The van der Waals surface area contributed by atoms with Crippen molar-refractivity contribution >= 4 is 103 Å². The van der Waals surface area contributed by atoms with Crippen LogP contribution in [0.1, 0.15) is 0 Å². The lowest BCUT2D eigenvalue weighted by Crippen LogP contribution is -2.26. The van der Waals surface area contributed by atoms with E-state index in [0.29, 0.717) is 0 Å². The molecule has 9 heteroatoms. The molecule has 0 atom stereocenters. The summed E-state index contributed by atoms with van der Waals surface area (Å²) in [7, 11) is -7.11. The molecular formula is C48H34N4O2P2S. The lowest BCUT2D eigenvalue weighted by Gasteiger charge is -2.33. The predicted molar refractivity (Wildman–Crippen MR) is 241 cm³/mol. The summed E-state index contributed by atoms with van der Waals surface area (Å²) in [6.07, 6.45) is 0. The van der Waals surface area contributed by atoms with Crippen molar-refractivity contribution in [2.45, 2.75) is 0 Å². The minimum Gasteiger partial charge on any atom is -0.270 e. The number of benzene rings is 8. The maximum absolute atomic E-state index is 16.3. The molecular weight excluding hydrogens is 759 g/mol. The van der Waals surface area contributed by atoms with Gasteiger partial charge in [-0.05, 0) is 97.1 Å². The summed E-state index contributed by atoms with van der Waals surface area (Å²) in [4.78, 5) is 0. The van der Waals surface area contributed by atoms with Crippen LogP contribution in [0.4, 0.5) is 45.5 Å². The van der Waals surface area contributed by atoms with E-state index in [-0.39, 0.29) is 0 Å². The fourth-order valence-corrected chi connectivity index (χ4v) is 15.8. The maximum atomic E-state index is 16.3. The molecule has 9 aromatic rings. The van der Waals surface area contributed by atoms with E-state index in [4.69, 9.17) is 0 Å². The highest BCUT2D eigenvalue weighted by Gasteiger charge is 2.50. The molecule has 57 heavy (non-hydrogen) atoms. The molecule has 0 saturated carbocycles. The fraction of sp³-hybridized carbons (Fsp3) is 0. The molecule has 1 aromatic heterocycles. The molecule has 3 heterocycles. The first-order valence-electron chi connectivity index (χ1n) is 18.8. The van der Waals surface area contributed by atoms with E-state index in [1.165, 1.54) is 0 Å². The second kappa shape index (κ2) is 13.1. The SMILES string of the molecule is O=P1(c2ccc3c(c2)sc2cc(P4(=O)N(c5ccccc5)c5ccccc5N4c4ccccc4)ccc23)N(c2ccccc2)c2ccccc2N1c1ccccc1. The number of hydrogen-bond acceptors (Lipinski definition) is 3. The predicted octanol–water partition coefficient (Wildman–Crippen LogP) is 13.7. The molecule has 0 unspecified atom stereocenters. The second-order valence-electron chi connectivity index (χ2n) is 14.1. The molecule has 2 aliphatic heterocycles. The Labute approximate surface area is 335 Å². The molecule has 0 aliphatic carbocycles. The van der Waals surface area contributed by atoms with Gasteiger partial charge in [-0.1, -0.05) is 109 Å². The van der Waals surface area contributed by atoms with Crippen LogP contribution < -0.4 is 29.3 Å². The number of hydrogen-bond donors (Lipinski definition) is 0. The van der Waals surface area contributed by atoms with E-state index in [1.807, 2.05) is 176 Å². The Hall–Kier alpha value is -6.36. The Kier molecular flexibility index (Phi) is 7.81. The number of thiophene rings is 1. The summed E-state index contributed by atoms with van der Waals surface area (Å²) in [5.41, 5.74) is 7.02. The normalized spacial score (nSPS) is 15.3. The van der Waals surface area contributed by atoms with Gasteiger partial charge in [-0.3, -0.25) is 27.8 Å². The molecule has 0 radical (unpaired) electrons. The van der Waals surface area contributed by atoms with Crippen molar-refractivity contribution < 1.29 is 9.13 Å². The van der Waals surface area contributed by atoms with Gasteiger partial charge in [0.15, 0.2) is 0 Å². The summed E-state index contributed by atoms with van der Waals surface area (Å²) in [6.45, 7) is 0. The third-order valence-electron chi connectivity index (χ3n) is 10.9. The van der Waals surface area contributed by atoms with Gasteiger partial charge in [0.2, 0.25) is 0 Å². The van der Waals surface area contributed by atoms with Crippen molar-refractivity contribution in [1.82, 2.24) is 0 Å². The highest BCUT2D eigenvalue weighted by molar-refractivity contribution is 7.76. The average Bonchev–Trinajstić information content (AvgIpc) is 3.87. The first-order chi connectivity index (χ1) is 28.0. The summed E-state index contributed by atoms with van der Waals surface area (Å²) < 4.78 is 42.8. The van der Waals surface area contributed by atoms with E-state index < -0.39 is 14.9 Å². The molecule has 0 fully saturated rings. The lowest BCUT2D eigenvalue weighted by atomic mass is 10.1. The minimum absolute atomic E-state index is 0.732. The number of nitrogens with zero attached hydrogens (tertiary/aromatic N) is 4. The van der Waals surface area contributed by atoms with Gasteiger partial charge >= 0.3 is 14.9 Å². The molecule has 2 aliphatic rings. The van der Waals surface area contributed by atoms with Crippen LogP contribution in [0, 0.1) is 0 Å². The van der Waals surface area contributed by atoms with Crippen molar-refractivity contribution in [2.24, 2.45) is 0 Å². The second-order valence-corrected chi connectivity index (χ2v) is 20.0. The molecule has 0 amide bonds. The first kappa shape index (κ1) is 33.9. The molecule has 274 valence electrons. The van der Waals surface area contributed by atoms with Crippen LogP contribution in [0.3, 0.4) is 0 Å². The average molecular weight is 793 g/mol. The van der Waals surface area contributed by atoms with Gasteiger partial charge in [0.05, 0.1) is 33.4 Å². The highest BCUT2D eigenvalue weighted by atomic mass is 32.1. The van der Waals surface area contributed by atoms with Crippen LogP contribution in [0.15, 0.2) is 206 Å². The van der Waals surface area contributed by atoms with Gasteiger partial charge in [-0.25, -0.2) is 0 Å². The quantitative estimate of drug-likeness (QED) is 0.156. The molecule has 6 nitrogen and oxygen atoms in total. The Morgan fingerprint density at radius 1 is 0.316 bits per heavy atom. The Morgan fingerprint density at radius 3 is 0.860 bits per heavy atom. The van der Waals surface area contributed by atoms with Crippen LogP contribution in [0.25, 0.3) is 20.2 Å². The van der Waals surface area contributed by atoms with Crippen molar-refractivity contribution in [3.8, 4) is 0 Å². The van der Waals surface area contributed by atoms with Gasteiger partial charge < -0.3 is 0 Å². The van der Waals surface area contributed by atoms with Crippen molar-refractivity contribution in [3.63, 3.8) is 0 Å². The molecule has 0 saturated heterocycles. The topological polar surface area (TPSA) is 47.1 Å². The van der Waals surface area contributed by atoms with Gasteiger partial charge in [-0.15, -0.1) is 11.3 Å². The van der Waals surface area contributed by atoms with Gasteiger partial charge in [0.1, 0.15) is 0 Å². The van der Waals surface area contributed by atoms with E-state index in [0.717, 1.165) is 76.3 Å². The zero-order valence-corrected chi connectivity index (χ0v) is 33.1. The van der Waals surface area contributed by atoms with E-state index in [2.05, 4.69) is 48.5 Å². The first-order valence-corrected chi connectivity index (χ1v) is 22.9. The molecule has 11 rings (SSSR count). The minimum atomic E-state index is -3.56. The van der Waals surface area contributed by atoms with Crippen molar-refractivity contribution in [3.05, 3.63) is 206 Å². The Bertz CT molecular complexity index is 2720. The van der Waals surface area contributed by atoms with E-state index in [1.54, 1.807) is 11.3 Å². The summed E-state index contributed by atoms with van der Waals surface area (Å²) in [5.74, 6) is 0. The third-order valence-corrected chi connectivity index (χ3v) is 17.8. The molecule has 8 aromatic carbocycles. The molecule has 0 N–H and O–H groups in total. The largest absolute Gasteiger partial charge is 0.301 e. The number of fused-ring (bicyclic) bond motifs is 5. The Balaban J connectivity index is 1.10. The zero-order chi connectivity index (χ0) is 38.1. The van der Waals surface area contributed by atoms with Crippen LogP contribution in [-0.2, 0) is 9.13 Å². The number of para-hydroxylation sites is 8. The third kappa shape index (κ3) is 5.03.